The molecule has 0 radical (unpaired) electrons. The number of hydrogen-bond acceptors (Lipinski definition) is 3. The zero-order chi connectivity index (χ0) is 14.9. The fourth-order valence-electron chi connectivity index (χ4n) is 2.11. The highest BCUT2D eigenvalue weighted by Gasteiger charge is 2.20. The van der Waals surface area contributed by atoms with Crippen molar-refractivity contribution in [2.45, 2.75) is 38.6 Å². The van der Waals surface area contributed by atoms with E-state index >= 15 is 0 Å². The van der Waals surface area contributed by atoms with Crippen molar-refractivity contribution in [3.05, 3.63) is 41.7 Å². The van der Waals surface area contributed by atoms with Crippen molar-refractivity contribution in [1.82, 2.24) is 9.78 Å². The summed E-state index contributed by atoms with van der Waals surface area (Å²) in [6.07, 6.45) is 0. The van der Waals surface area contributed by atoms with Crippen LogP contribution >= 0.6 is 0 Å². The van der Waals surface area contributed by atoms with Gasteiger partial charge in [0.25, 0.3) is 10.0 Å². The first kappa shape index (κ1) is 14.6. The maximum Gasteiger partial charge on any atom is 0.262 e. The highest BCUT2D eigenvalue weighted by atomic mass is 32.2. The lowest BCUT2D eigenvalue weighted by molar-refractivity contribution is 0.516. The highest BCUT2D eigenvalue weighted by molar-refractivity contribution is 7.92. The van der Waals surface area contributed by atoms with Crippen molar-refractivity contribution in [3.63, 3.8) is 0 Å². The van der Waals surface area contributed by atoms with E-state index in [0.29, 0.717) is 11.4 Å². The predicted molar refractivity (Wildman–Crippen MR) is 79.3 cm³/mol. The van der Waals surface area contributed by atoms with Crippen LogP contribution in [0.1, 0.15) is 31.3 Å². The van der Waals surface area contributed by atoms with E-state index in [1.165, 1.54) is 0 Å². The molecule has 0 aliphatic carbocycles. The lowest BCUT2D eigenvalue weighted by atomic mass is 10.3. The standard InChI is InChI=1S/C14H19N3O2S/c1-10(2)17-12(4)14(11(3)15-17)16-20(18,19)13-8-6-5-7-9-13/h5-10,16H,1-4H3. The van der Waals surface area contributed by atoms with Gasteiger partial charge in [-0.15, -0.1) is 0 Å². The molecule has 5 nitrogen and oxygen atoms in total. The first-order valence-corrected chi connectivity index (χ1v) is 7.95. The number of rotatable bonds is 4. The van der Waals surface area contributed by atoms with Crippen LogP contribution in [-0.2, 0) is 10.0 Å². The minimum absolute atomic E-state index is 0.184. The van der Waals surface area contributed by atoms with Gasteiger partial charge in [-0.3, -0.25) is 9.40 Å². The molecule has 1 aromatic carbocycles. The van der Waals surface area contributed by atoms with Crippen LogP contribution in [0.4, 0.5) is 5.69 Å². The summed E-state index contributed by atoms with van der Waals surface area (Å²) in [5.74, 6) is 0. The summed E-state index contributed by atoms with van der Waals surface area (Å²) >= 11 is 0. The number of sulfonamides is 1. The van der Waals surface area contributed by atoms with E-state index in [9.17, 15) is 8.42 Å². The van der Waals surface area contributed by atoms with E-state index in [4.69, 9.17) is 0 Å². The number of nitrogens with zero attached hydrogens (tertiary/aromatic N) is 2. The van der Waals surface area contributed by atoms with Crippen LogP contribution in [0.25, 0.3) is 0 Å². The summed E-state index contributed by atoms with van der Waals surface area (Å²) in [5, 5.41) is 4.38. The third kappa shape index (κ3) is 2.70. The van der Waals surface area contributed by atoms with Gasteiger partial charge in [0.15, 0.2) is 0 Å². The molecule has 1 aromatic heterocycles. The summed E-state index contributed by atoms with van der Waals surface area (Å²) in [4.78, 5) is 0.246. The molecular weight excluding hydrogens is 274 g/mol. The molecule has 0 atom stereocenters. The number of hydrogen-bond donors (Lipinski definition) is 1. The van der Waals surface area contributed by atoms with E-state index in [1.807, 2.05) is 25.5 Å². The topological polar surface area (TPSA) is 64.0 Å². The highest BCUT2D eigenvalue weighted by Crippen LogP contribution is 2.25. The van der Waals surface area contributed by atoms with E-state index < -0.39 is 10.0 Å². The first-order valence-electron chi connectivity index (χ1n) is 6.46. The second-order valence-corrected chi connectivity index (χ2v) is 6.69. The number of nitrogens with one attached hydrogen (secondary N) is 1. The summed E-state index contributed by atoms with van der Waals surface area (Å²) in [6.45, 7) is 7.68. The van der Waals surface area contributed by atoms with Crippen LogP contribution in [0.3, 0.4) is 0 Å². The minimum atomic E-state index is -3.57. The lowest BCUT2D eigenvalue weighted by Crippen LogP contribution is -2.14. The van der Waals surface area contributed by atoms with Crippen molar-refractivity contribution >= 4 is 15.7 Å². The molecule has 0 bridgehead atoms. The largest absolute Gasteiger partial charge is 0.276 e. The number of anilines is 1. The van der Waals surface area contributed by atoms with Crippen LogP contribution in [0.2, 0.25) is 0 Å². The van der Waals surface area contributed by atoms with Crippen LogP contribution in [-0.4, -0.2) is 18.2 Å². The Kier molecular flexibility index (Phi) is 3.85. The Morgan fingerprint density at radius 1 is 1.15 bits per heavy atom. The molecule has 2 aromatic rings. The van der Waals surface area contributed by atoms with Gasteiger partial charge in [0.2, 0.25) is 0 Å². The van der Waals surface area contributed by atoms with Gasteiger partial charge < -0.3 is 0 Å². The van der Waals surface area contributed by atoms with Crippen LogP contribution in [0.5, 0.6) is 0 Å². The second-order valence-electron chi connectivity index (χ2n) is 5.00. The maximum atomic E-state index is 12.3. The molecule has 0 spiro atoms. The SMILES string of the molecule is Cc1nn(C(C)C)c(C)c1NS(=O)(=O)c1ccccc1. The second kappa shape index (κ2) is 5.28. The molecule has 0 amide bonds. The van der Waals surface area contributed by atoms with E-state index in [-0.39, 0.29) is 10.9 Å². The van der Waals surface area contributed by atoms with E-state index in [0.717, 1.165) is 5.69 Å². The fourth-order valence-corrected chi connectivity index (χ4v) is 3.30. The Bertz CT molecular complexity index is 704. The number of aryl methyl sites for hydroxylation is 1. The minimum Gasteiger partial charge on any atom is -0.276 e. The summed E-state index contributed by atoms with van der Waals surface area (Å²) in [7, 11) is -3.57. The monoisotopic (exact) mass is 293 g/mol. The average Bonchev–Trinajstić information content (AvgIpc) is 2.68. The van der Waals surface area contributed by atoms with Gasteiger partial charge in [0, 0.05) is 6.04 Å². The quantitative estimate of drug-likeness (QED) is 0.942. The van der Waals surface area contributed by atoms with Gasteiger partial charge in [0.05, 0.1) is 22.0 Å². The number of aromatic nitrogens is 2. The van der Waals surface area contributed by atoms with Gasteiger partial charge in [-0.1, -0.05) is 18.2 Å². The Morgan fingerprint density at radius 3 is 2.25 bits per heavy atom. The molecule has 108 valence electrons. The molecule has 20 heavy (non-hydrogen) atoms. The Balaban J connectivity index is 2.41. The van der Waals surface area contributed by atoms with Crippen molar-refractivity contribution in [1.29, 1.82) is 0 Å². The zero-order valence-corrected chi connectivity index (χ0v) is 12.9. The van der Waals surface area contributed by atoms with Crippen molar-refractivity contribution < 1.29 is 8.42 Å². The molecule has 0 unspecified atom stereocenters. The van der Waals surface area contributed by atoms with Crippen LogP contribution < -0.4 is 4.72 Å². The Hall–Kier alpha value is -1.82. The molecule has 0 aliphatic heterocycles. The molecule has 1 heterocycles. The molecule has 2 rings (SSSR count). The Morgan fingerprint density at radius 2 is 1.75 bits per heavy atom. The van der Waals surface area contributed by atoms with Crippen molar-refractivity contribution in [2.24, 2.45) is 0 Å². The van der Waals surface area contributed by atoms with Gasteiger partial charge in [-0.25, -0.2) is 8.42 Å². The molecule has 0 saturated carbocycles. The predicted octanol–water partition coefficient (Wildman–Crippen LogP) is 2.88. The van der Waals surface area contributed by atoms with Gasteiger partial charge >= 0.3 is 0 Å². The van der Waals surface area contributed by atoms with Gasteiger partial charge in [-0.05, 0) is 39.8 Å². The van der Waals surface area contributed by atoms with Crippen molar-refractivity contribution in [3.8, 4) is 0 Å². The number of benzene rings is 1. The van der Waals surface area contributed by atoms with Crippen molar-refractivity contribution in [2.75, 3.05) is 4.72 Å². The zero-order valence-electron chi connectivity index (χ0n) is 12.1. The summed E-state index contributed by atoms with van der Waals surface area (Å²) < 4.78 is 29.1. The van der Waals surface area contributed by atoms with Gasteiger partial charge in [0.1, 0.15) is 0 Å². The molecule has 0 fully saturated rings. The van der Waals surface area contributed by atoms with E-state index in [2.05, 4.69) is 9.82 Å². The van der Waals surface area contributed by atoms with Gasteiger partial charge in [-0.2, -0.15) is 5.10 Å². The lowest BCUT2D eigenvalue weighted by Gasteiger charge is -2.10. The maximum absolute atomic E-state index is 12.3. The normalized spacial score (nSPS) is 11.8. The fraction of sp³-hybridized carbons (Fsp3) is 0.357. The van der Waals surface area contributed by atoms with Crippen LogP contribution in [0.15, 0.2) is 35.2 Å². The third-order valence-electron chi connectivity index (χ3n) is 3.10. The smallest absolute Gasteiger partial charge is 0.262 e. The summed E-state index contributed by atoms with van der Waals surface area (Å²) in [6, 6.07) is 8.51. The van der Waals surface area contributed by atoms with E-state index in [1.54, 1.807) is 37.3 Å². The summed E-state index contributed by atoms with van der Waals surface area (Å²) in [5.41, 5.74) is 2.05. The molecule has 1 N–H and O–H groups in total. The Labute approximate surface area is 119 Å². The van der Waals surface area contributed by atoms with Crippen LogP contribution in [0, 0.1) is 13.8 Å². The molecule has 0 saturated heterocycles. The molecular formula is C14H19N3O2S. The molecule has 0 aliphatic rings. The average molecular weight is 293 g/mol. The molecule has 6 heteroatoms. The first-order chi connectivity index (χ1) is 9.33. The third-order valence-corrected chi connectivity index (χ3v) is 4.47.